The van der Waals surface area contributed by atoms with Gasteiger partial charge < -0.3 is 10.6 Å². The Morgan fingerprint density at radius 2 is 2.47 bits per heavy atom. The van der Waals surface area contributed by atoms with Gasteiger partial charge in [-0.3, -0.25) is 9.89 Å². The average molecular weight is 207 g/mol. The lowest BCUT2D eigenvalue weighted by molar-refractivity contribution is 0.0754. The molecule has 2 heterocycles. The SMILES string of the molecule is CC1=CCCN(C(=O)c2nc(N)n[nH]2)C1. The van der Waals surface area contributed by atoms with Crippen molar-refractivity contribution in [1.82, 2.24) is 20.1 Å². The zero-order valence-corrected chi connectivity index (χ0v) is 8.53. The van der Waals surface area contributed by atoms with Crippen LogP contribution >= 0.6 is 0 Å². The van der Waals surface area contributed by atoms with Crippen LogP contribution in [0.25, 0.3) is 0 Å². The first-order chi connectivity index (χ1) is 7.16. The highest BCUT2D eigenvalue weighted by Gasteiger charge is 2.20. The summed E-state index contributed by atoms with van der Waals surface area (Å²) in [5, 5.41) is 6.15. The monoisotopic (exact) mass is 207 g/mol. The first kappa shape index (κ1) is 9.70. The second-order valence-corrected chi connectivity index (χ2v) is 3.61. The van der Waals surface area contributed by atoms with Crippen LogP contribution < -0.4 is 5.73 Å². The molecule has 2 rings (SSSR count). The molecule has 0 saturated heterocycles. The van der Waals surface area contributed by atoms with Gasteiger partial charge in [0.1, 0.15) is 0 Å². The van der Waals surface area contributed by atoms with Gasteiger partial charge in [0.15, 0.2) is 0 Å². The van der Waals surface area contributed by atoms with Crippen molar-refractivity contribution in [2.75, 3.05) is 18.8 Å². The van der Waals surface area contributed by atoms with Crippen LogP contribution in [0.4, 0.5) is 5.95 Å². The van der Waals surface area contributed by atoms with E-state index in [1.165, 1.54) is 5.57 Å². The third-order valence-corrected chi connectivity index (χ3v) is 2.32. The summed E-state index contributed by atoms with van der Waals surface area (Å²) in [7, 11) is 0. The Bertz CT molecular complexity index is 408. The highest BCUT2D eigenvalue weighted by molar-refractivity contribution is 5.90. The van der Waals surface area contributed by atoms with Gasteiger partial charge in [0.2, 0.25) is 11.8 Å². The topological polar surface area (TPSA) is 87.9 Å². The average Bonchev–Trinajstić information content (AvgIpc) is 2.64. The molecule has 0 fully saturated rings. The van der Waals surface area contributed by atoms with Crippen LogP contribution in [0.1, 0.15) is 24.0 Å². The van der Waals surface area contributed by atoms with Crippen LogP contribution in [0, 0.1) is 0 Å². The Kier molecular flexibility index (Phi) is 2.40. The smallest absolute Gasteiger partial charge is 0.291 e. The van der Waals surface area contributed by atoms with Gasteiger partial charge in [0.25, 0.3) is 5.91 Å². The summed E-state index contributed by atoms with van der Waals surface area (Å²) in [6, 6.07) is 0. The van der Waals surface area contributed by atoms with Crippen molar-refractivity contribution in [3.63, 3.8) is 0 Å². The normalized spacial score (nSPS) is 16.3. The molecule has 0 saturated carbocycles. The Morgan fingerprint density at radius 3 is 3.07 bits per heavy atom. The Balaban J connectivity index is 2.12. The predicted octanol–water partition coefficient (Wildman–Crippen LogP) is 0.179. The lowest BCUT2D eigenvalue weighted by atomic mass is 10.1. The fourth-order valence-electron chi connectivity index (χ4n) is 1.60. The van der Waals surface area contributed by atoms with E-state index in [0.29, 0.717) is 6.54 Å². The predicted molar refractivity (Wildman–Crippen MR) is 55.1 cm³/mol. The van der Waals surface area contributed by atoms with Gasteiger partial charge in [-0.15, -0.1) is 5.10 Å². The second-order valence-electron chi connectivity index (χ2n) is 3.61. The quantitative estimate of drug-likeness (QED) is 0.643. The zero-order chi connectivity index (χ0) is 10.8. The van der Waals surface area contributed by atoms with Crippen LogP contribution in [0.5, 0.6) is 0 Å². The maximum absolute atomic E-state index is 11.9. The summed E-state index contributed by atoms with van der Waals surface area (Å²) in [5.74, 6) is 0.163. The molecule has 0 atom stereocenters. The minimum atomic E-state index is -0.147. The molecule has 0 radical (unpaired) electrons. The van der Waals surface area contributed by atoms with E-state index >= 15 is 0 Å². The molecule has 6 nitrogen and oxygen atoms in total. The van der Waals surface area contributed by atoms with Crippen molar-refractivity contribution in [3.8, 4) is 0 Å². The van der Waals surface area contributed by atoms with E-state index in [1.54, 1.807) is 4.90 Å². The Labute approximate surface area is 87.2 Å². The van der Waals surface area contributed by atoms with Gasteiger partial charge >= 0.3 is 0 Å². The molecule has 0 bridgehead atoms. The molecule has 1 aliphatic rings. The van der Waals surface area contributed by atoms with E-state index in [1.807, 2.05) is 6.92 Å². The number of carbonyl (C=O) groups excluding carboxylic acids is 1. The molecule has 0 aromatic carbocycles. The third-order valence-electron chi connectivity index (χ3n) is 2.32. The summed E-state index contributed by atoms with van der Waals surface area (Å²) in [6.45, 7) is 3.38. The van der Waals surface area contributed by atoms with E-state index in [2.05, 4.69) is 21.3 Å². The van der Waals surface area contributed by atoms with Crippen LogP contribution in [0.3, 0.4) is 0 Å². The zero-order valence-electron chi connectivity index (χ0n) is 8.53. The number of nitrogens with two attached hydrogens (primary N) is 1. The van der Waals surface area contributed by atoms with Crippen LogP contribution in [-0.4, -0.2) is 39.1 Å². The van der Waals surface area contributed by atoms with E-state index < -0.39 is 0 Å². The highest BCUT2D eigenvalue weighted by Crippen LogP contribution is 2.11. The molecule has 1 amide bonds. The number of aromatic amines is 1. The first-order valence-electron chi connectivity index (χ1n) is 4.79. The Morgan fingerprint density at radius 1 is 1.67 bits per heavy atom. The van der Waals surface area contributed by atoms with Crippen molar-refractivity contribution >= 4 is 11.9 Å². The standard InChI is InChI=1S/C9H13N5O/c1-6-3-2-4-14(5-6)8(15)7-11-9(10)13-12-7/h3H,2,4-5H2,1H3,(H3,10,11,12,13). The lowest BCUT2D eigenvalue weighted by Crippen LogP contribution is -2.36. The fraction of sp³-hybridized carbons (Fsp3) is 0.444. The van der Waals surface area contributed by atoms with Crippen molar-refractivity contribution < 1.29 is 4.79 Å². The number of nitrogen functional groups attached to an aromatic ring is 1. The molecular weight excluding hydrogens is 194 g/mol. The van der Waals surface area contributed by atoms with E-state index in [-0.39, 0.29) is 17.7 Å². The molecule has 1 aromatic heterocycles. The first-order valence-corrected chi connectivity index (χ1v) is 4.79. The van der Waals surface area contributed by atoms with Crippen LogP contribution in [0.15, 0.2) is 11.6 Å². The van der Waals surface area contributed by atoms with Gasteiger partial charge in [-0.25, -0.2) is 0 Å². The Hall–Kier alpha value is -1.85. The number of nitrogens with zero attached hydrogens (tertiary/aromatic N) is 3. The molecule has 6 heteroatoms. The summed E-state index contributed by atoms with van der Waals surface area (Å²) in [4.78, 5) is 17.4. The van der Waals surface area contributed by atoms with E-state index in [9.17, 15) is 4.79 Å². The summed E-state index contributed by atoms with van der Waals surface area (Å²) in [6.07, 6.45) is 3.03. The fourth-order valence-corrected chi connectivity index (χ4v) is 1.60. The number of amides is 1. The van der Waals surface area contributed by atoms with Gasteiger partial charge in [-0.1, -0.05) is 11.6 Å². The number of hydrogen-bond acceptors (Lipinski definition) is 4. The second kappa shape index (κ2) is 3.72. The van der Waals surface area contributed by atoms with Crippen molar-refractivity contribution in [3.05, 3.63) is 17.5 Å². The molecule has 3 N–H and O–H groups in total. The number of rotatable bonds is 1. The number of H-pyrrole nitrogens is 1. The lowest BCUT2D eigenvalue weighted by Gasteiger charge is -2.24. The minimum Gasteiger partial charge on any atom is -0.366 e. The molecule has 0 unspecified atom stereocenters. The third kappa shape index (κ3) is 1.98. The van der Waals surface area contributed by atoms with Gasteiger partial charge in [0.05, 0.1) is 0 Å². The molecule has 1 aliphatic heterocycles. The summed E-state index contributed by atoms with van der Waals surface area (Å²) >= 11 is 0. The number of carbonyl (C=O) groups is 1. The molecular formula is C9H13N5O. The summed E-state index contributed by atoms with van der Waals surface area (Å²) in [5.41, 5.74) is 6.53. The van der Waals surface area contributed by atoms with Gasteiger partial charge in [-0.2, -0.15) is 4.98 Å². The molecule has 15 heavy (non-hydrogen) atoms. The molecule has 0 aliphatic carbocycles. The van der Waals surface area contributed by atoms with E-state index in [0.717, 1.165) is 13.0 Å². The number of nitrogens with one attached hydrogen (secondary N) is 1. The van der Waals surface area contributed by atoms with Crippen LogP contribution in [0.2, 0.25) is 0 Å². The molecule has 0 spiro atoms. The van der Waals surface area contributed by atoms with Crippen LogP contribution in [-0.2, 0) is 0 Å². The largest absolute Gasteiger partial charge is 0.366 e. The minimum absolute atomic E-state index is 0.0997. The number of hydrogen-bond donors (Lipinski definition) is 2. The molecule has 1 aromatic rings. The molecule has 80 valence electrons. The van der Waals surface area contributed by atoms with Crippen molar-refractivity contribution in [2.24, 2.45) is 0 Å². The highest BCUT2D eigenvalue weighted by atomic mass is 16.2. The van der Waals surface area contributed by atoms with Crippen molar-refractivity contribution in [1.29, 1.82) is 0 Å². The number of anilines is 1. The maximum Gasteiger partial charge on any atom is 0.291 e. The van der Waals surface area contributed by atoms with E-state index in [4.69, 9.17) is 5.73 Å². The van der Waals surface area contributed by atoms with Crippen molar-refractivity contribution in [2.45, 2.75) is 13.3 Å². The number of aromatic nitrogens is 3. The van der Waals surface area contributed by atoms with Gasteiger partial charge in [0, 0.05) is 13.1 Å². The maximum atomic E-state index is 11.9. The summed E-state index contributed by atoms with van der Waals surface area (Å²) < 4.78 is 0. The van der Waals surface area contributed by atoms with Gasteiger partial charge in [-0.05, 0) is 13.3 Å².